The van der Waals surface area contributed by atoms with E-state index in [1.807, 2.05) is 23.5 Å². The summed E-state index contributed by atoms with van der Waals surface area (Å²) in [5.74, 6) is 0. The number of thiophene rings is 1. The van der Waals surface area contributed by atoms with Crippen LogP contribution in [-0.2, 0) is 0 Å². The predicted molar refractivity (Wildman–Crippen MR) is 233 cm³/mol. The molecule has 12 aromatic rings. The maximum Gasteiger partial charge on any atom is 0.135 e. The summed E-state index contributed by atoms with van der Waals surface area (Å²) in [4.78, 5) is 0. The Morgan fingerprint density at radius 3 is 1.63 bits per heavy atom. The topological polar surface area (TPSA) is 13.1 Å². The third-order valence-corrected chi connectivity index (χ3v) is 12.6. The second-order valence-corrected chi connectivity index (χ2v) is 15.4. The molecule has 0 fully saturated rings. The first kappa shape index (κ1) is 29.8. The lowest BCUT2D eigenvalue weighted by atomic mass is 9.85. The molecule has 250 valence electrons. The Morgan fingerprint density at radius 1 is 0.315 bits per heavy atom. The van der Waals surface area contributed by atoms with Crippen molar-refractivity contribution < 1.29 is 4.42 Å². The van der Waals surface area contributed by atoms with Crippen LogP contribution in [0.1, 0.15) is 0 Å². The molecule has 0 aliphatic carbocycles. The number of rotatable bonds is 3. The van der Waals surface area contributed by atoms with E-state index in [1.54, 1.807) is 0 Å². The first-order valence-electron chi connectivity index (χ1n) is 18.5. The summed E-state index contributed by atoms with van der Waals surface area (Å²) in [7, 11) is 0. The fourth-order valence-electron chi connectivity index (χ4n) is 8.99. The molecule has 0 aliphatic heterocycles. The van der Waals surface area contributed by atoms with Crippen LogP contribution in [0.3, 0.4) is 0 Å². The van der Waals surface area contributed by atoms with Crippen LogP contribution in [0.2, 0.25) is 0 Å². The molecular weight excluding hydrogens is 673 g/mol. The van der Waals surface area contributed by atoms with Gasteiger partial charge in [0, 0.05) is 36.3 Å². The number of para-hydroxylation sites is 1. The van der Waals surface area contributed by atoms with Gasteiger partial charge in [-0.1, -0.05) is 146 Å². The summed E-state index contributed by atoms with van der Waals surface area (Å²) in [6.07, 6.45) is 0. The van der Waals surface area contributed by atoms with Crippen LogP contribution in [0.25, 0.3) is 119 Å². The van der Waals surface area contributed by atoms with Gasteiger partial charge < -0.3 is 4.42 Å². The van der Waals surface area contributed by atoms with Gasteiger partial charge in [-0.2, -0.15) is 0 Å². The van der Waals surface area contributed by atoms with Gasteiger partial charge in [-0.3, -0.25) is 0 Å². The first-order chi connectivity index (χ1) is 26.8. The van der Waals surface area contributed by atoms with Crippen LogP contribution in [0.5, 0.6) is 0 Å². The van der Waals surface area contributed by atoms with Crippen molar-refractivity contribution in [1.82, 2.24) is 0 Å². The third kappa shape index (κ3) is 4.32. The van der Waals surface area contributed by atoms with Crippen LogP contribution in [0, 0.1) is 0 Å². The molecule has 2 heteroatoms. The molecule has 0 aliphatic rings. The molecule has 0 amide bonds. The minimum atomic E-state index is 0.914. The highest BCUT2D eigenvalue weighted by Gasteiger charge is 2.19. The zero-order valence-electron chi connectivity index (χ0n) is 29.1. The predicted octanol–water partition coefficient (Wildman–Crippen LogP) is 15.6. The van der Waals surface area contributed by atoms with Gasteiger partial charge >= 0.3 is 0 Å². The number of fused-ring (bicyclic) bond motifs is 12. The van der Waals surface area contributed by atoms with Crippen molar-refractivity contribution in [2.45, 2.75) is 0 Å². The molecule has 0 unspecified atom stereocenters. The number of furan rings is 1. The second-order valence-electron chi connectivity index (χ2n) is 14.4. The molecule has 0 saturated heterocycles. The lowest BCUT2D eigenvalue weighted by Crippen LogP contribution is -1.91. The minimum absolute atomic E-state index is 0.914. The number of benzene rings is 10. The lowest BCUT2D eigenvalue weighted by molar-refractivity contribution is 0.669. The largest absolute Gasteiger partial charge is 0.456 e. The van der Waals surface area contributed by atoms with Crippen molar-refractivity contribution in [3.8, 4) is 33.4 Å². The van der Waals surface area contributed by atoms with E-state index in [2.05, 4.69) is 170 Å². The Bertz CT molecular complexity index is 3450. The molecular formula is C52H30OS. The van der Waals surface area contributed by atoms with E-state index in [9.17, 15) is 0 Å². The summed E-state index contributed by atoms with van der Waals surface area (Å²) in [6.45, 7) is 0. The Labute approximate surface area is 314 Å². The van der Waals surface area contributed by atoms with E-state index in [0.717, 1.165) is 21.9 Å². The highest BCUT2D eigenvalue weighted by atomic mass is 32.1. The quantitative estimate of drug-likeness (QED) is 0.167. The molecule has 0 saturated carbocycles. The number of hydrogen-bond acceptors (Lipinski definition) is 2. The summed E-state index contributed by atoms with van der Waals surface area (Å²) >= 11 is 1.91. The van der Waals surface area contributed by atoms with Gasteiger partial charge in [0.15, 0.2) is 0 Å². The first-order valence-corrected chi connectivity index (χ1v) is 19.3. The average Bonchev–Trinajstić information content (AvgIpc) is 3.81. The van der Waals surface area contributed by atoms with Gasteiger partial charge in [-0.25, -0.2) is 0 Å². The molecule has 54 heavy (non-hydrogen) atoms. The molecule has 1 nitrogen and oxygen atoms in total. The van der Waals surface area contributed by atoms with Gasteiger partial charge in [0.1, 0.15) is 11.2 Å². The highest BCUT2D eigenvalue weighted by Crippen LogP contribution is 2.46. The van der Waals surface area contributed by atoms with Crippen molar-refractivity contribution in [3.05, 3.63) is 182 Å². The SMILES string of the molecule is c1cc(-c2ccc3ccc4c(sc5ccc6ccccc6c54)c3c2)cc(-c2c3ccccc3c(-c3ccc4oc5ccccc5c4c3)c3ccccc23)c1. The number of hydrogen-bond donors (Lipinski definition) is 0. The van der Waals surface area contributed by atoms with Crippen LogP contribution >= 0.6 is 11.3 Å². The van der Waals surface area contributed by atoms with E-state index < -0.39 is 0 Å². The van der Waals surface area contributed by atoms with Gasteiger partial charge in [0.2, 0.25) is 0 Å². The van der Waals surface area contributed by atoms with Crippen molar-refractivity contribution >= 4 is 96.5 Å². The van der Waals surface area contributed by atoms with Gasteiger partial charge in [-0.15, -0.1) is 11.3 Å². The molecule has 10 aromatic carbocycles. The molecule has 2 heterocycles. The Morgan fingerprint density at radius 2 is 0.852 bits per heavy atom. The van der Waals surface area contributed by atoms with Crippen LogP contribution < -0.4 is 0 Å². The monoisotopic (exact) mass is 702 g/mol. The van der Waals surface area contributed by atoms with Crippen molar-refractivity contribution in [1.29, 1.82) is 0 Å². The molecule has 0 bridgehead atoms. The minimum Gasteiger partial charge on any atom is -0.456 e. The fraction of sp³-hybridized carbons (Fsp3) is 0. The van der Waals surface area contributed by atoms with E-state index in [4.69, 9.17) is 4.42 Å². The van der Waals surface area contributed by atoms with E-state index in [-0.39, 0.29) is 0 Å². The fourth-order valence-corrected chi connectivity index (χ4v) is 10.2. The Hall–Kier alpha value is -6.74. The summed E-state index contributed by atoms with van der Waals surface area (Å²) in [5.41, 5.74) is 9.20. The molecule has 2 aromatic heterocycles. The summed E-state index contributed by atoms with van der Waals surface area (Å²) in [6, 6.07) is 66.8. The van der Waals surface area contributed by atoms with Crippen LogP contribution in [0.15, 0.2) is 186 Å². The zero-order chi connectivity index (χ0) is 35.3. The van der Waals surface area contributed by atoms with Crippen LogP contribution in [0.4, 0.5) is 0 Å². The third-order valence-electron chi connectivity index (χ3n) is 11.4. The molecule has 0 spiro atoms. The summed E-state index contributed by atoms with van der Waals surface area (Å²) in [5, 5.41) is 15.2. The van der Waals surface area contributed by atoms with Gasteiger partial charge in [-0.05, 0) is 107 Å². The zero-order valence-corrected chi connectivity index (χ0v) is 30.0. The maximum absolute atomic E-state index is 6.22. The molecule has 0 atom stereocenters. The Balaban J connectivity index is 1.06. The molecule has 12 rings (SSSR count). The van der Waals surface area contributed by atoms with Crippen molar-refractivity contribution in [2.24, 2.45) is 0 Å². The van der Waals surface area contributed by atoms with E-state index in [1.165, 1.54) is 96.6 Å². The maximum atomic E-state index is 6.22. The Kier molecular flexibility index (Phi) is 6.28. The van der Waals surface area contributed by atoms with E-state index in [0.29, 0.717) is 0 Å². The highest BCUT2D eigenvalue weighted by molar-refractivity contribution is 7.26. The summed E-state index contributed by atoms with van der Waals surface area (Å²) < 4.78 is 8.91. The van der Waals surface area contributed by atoms with Crippen molar-refractivity contribution in [3.63, 3.8) is 0 Å². The van der Waals surface area contributed by atoms with E-state index >= 15 is 0 Å². The normalized spacial score (nSPS) is 12.1. The lowest BCUT2D eigenvalue weighted by Gasteiger charge is -2.18. The second kappa shape index (κ2) is 11.4. The van der Waals surface area contributed by atoms with Crippen LogP contribution in [-0.4, -0.2) is 0 Å². The van der Waals surface area contributed by atoms with Gasteiger partial charge in [0.25, 0.3) is 0 Å². The molecule has 0 radical (unpaired) electrons. The average molecular weight is 703 g/mol. The van der Waals surface area contributed by atoms with Crippen molar-refractivity contribution in [2.75, 3.05) is 0 Å². The van der Waals surface area contributed by atoms with Gasteiger partial charge in [0.05, 0.1) is 0 Å². The molecule has 0 N–H and O–H groups in total. The standard InChI is InChI=1S/C52H30OS/c1-2-13-37-31(10-1)24-27-48-51(37)43-25-22-32-20-21-34(29-44(32)52(43)54-48)33-11-9-12-35(28-33)49-39-15-3-5-17-41(39)50(42-18-6-4-16-40(42)49)36-23-26-47-45(30-36)38-14-7-8-19-46(38)53-47/h1-30H. The smallest absolute Gasteiger partial charge is 0.135 e.